The van der Waals surface area contributed by atoms with Crippen LogP contribution in [0.5, 0.6) is 5.88 Å². The Hall–Kier alpha value is -3.00. The number of aryl methyl sites for hydroxylation is 1. The maximum absolute atomic E-state index is 5.21. The number of rotatable bonds is 5. The van der Waals surface area contributed by atoms with Crippen molar-refractivity contribution in [3.63, 3.8) is 0 Å². The van der Waals surface area contributed by atoms with E-state index in [1.54, 1.807) is 24.2 Å². The van der Waals surface area contributed by atoms with Crippen molar-refractivity contribution in [1.29, 1.82) is 0 Å². The van der Waals surface area contributed by atoms with Crippen molar-refractivity contribution in [2.24, 2.45) is 0 Å². The van der Waals surface area contributed by atoms with Crippen LogP contribution < -0.4 is 9.64 Å². The van der Waals surface area contributed by atoms with Gasteiger partial charge in [-0.2, -0.15) is 5.10 Å². The molecular formula is C19H23N7O. The van der Waals surface area contributed by atoms with Crippen molar-refractivity contribution in [1.82, 2.24) is 29.6 Å². The molecule has 0 spiro atoms. The topological polar surface area (TPSA) is 72.2 Å². The SMILES string of the molecule is COc1cc(CN2CCN(c3cc(-n4cccn4)nc(C)n3)CC2)ccn1. The van der Waals surface area contributed by atoms with E-state index in [4.69, 9.17) is 4.74 Å². The van der Waals surface area contributed by atoms with Gasteiger partial charge in [0.1, 0.15) is 11.6 Å². The summed E-state index contributed by atoms with van der Waals surface area (Å²) in [4.78, 5) is 18.0. The van der Waals surface area contributed by atoms with E-state index in [2.05, 4.69) is 29.9 Å². The minimum atomic E-state index is 0.661. The molecule has 1 fully saturated rings. The molecule has 3 aromatic heterocycles. The van der Waals surface area contributed by atoms with E-state index in [1.807, 2.05) is 37.4 Å². The summed E-state index contributed by atoms with van der Waals surface area (Å²) in [5, 5.41) is 4.27. The number of hydrogen-bond donors (Lipinski definition) is 0. The van der Waals surface area contributed by atoms with Gasteiger partial charge in [-0.05, 0) is 24.6 Å². The molecule has 0 unspecified atom stereocenters. The highest BCUT2D eigenvalue weighted by atomic mass is 16.5. The van der Waals surface area contributed by atoms with Gasteiger partial charge in [0.25, 0.3) is 0 Å². The summed E-state index contributed by atoms with van der Waals surface area (Å²) >= 11 is 0. The molecule has 0 N–H and O–H groups in total. The second kappa shape index (κ2) is 7.71. The Morgan fingerprint density at radius 1 is 1.04 bits per heavy atom. The molecule has 0 aliphatic carbocycles. The molecule has 4 heterocycles. The molecule has 0 aromatic carbocycles. The highest BCUT2D eigenvalue weighted by Crippen LogP contribution is 2.18. The van der Waals surface area contributed by atoms with Gasteiger partial charge in [0, 0.05) is 63.4 Å². The van der Waals surface area contributed by atoms with Gasteiger partial charge >= 0.3 is 0 Å². The minimum Gasteiger partial charge on any atom is -0.481 e. The summed E-state index contributed by atoms with van der Waals surface area (Å²) in [5.74, 6) is 3.17. The predicted octanol–water partition coefficient (Wildman–Crippen LogP) is 1.70. The maximum atomic E-state index is 5.21. The van der Waals surface area contributed by atoms with Gasteiger partial charge < -0.3 is 9.64 Å². The third-order valence-electron chi connectivity index (χ3n) is 4.66. The molecule has 1 saturated heterocycles. The van der Waals surface area contributed by atoms with E-state index in [0.717, 1.165) is 50.2 Å². The number of pyridine rings is 1. The molecule has 0 atom stereocenters. The second-order valence-corrected chi connectivity index (χ2v) is 6.55. The average Bonchev–Trinajstić information content (AvgIpc) is 3.23. The Balaban J connectivity index is 1.42. The zero-order chi connectivity index (χ0) is 18.6. The largest absolute Gasteiger partial charge is 0.481 e. The van der Waals surface area contributed by atoms with Crippen LogP contribution in [0.3, 0.4) is 0 Å². The van der Waals surface area contributed by atoms with Gasteiger partial charge in [-0.3, -0.25) is 4.90 Å². The fourth-order valence-corrected chi connectivity index (χ4v) is 3.27. The number of ether oxygens (including phenoxy) is 1. The number of nitrogens with zero attached hydrogens (tertiary/aromatic N) is 7. The monoisotopic (exact) mass is 365 g/mol. The van der Waals surface area contributed by atoms with Gasteiger partial charge in [0.15, 0.2) is 5.82 Å². The van der Waals surface area contributed by atoms with Crippen LogP contribution in [0.4, 0.5) is 5.82 Å². The lowest BCUT2D eigenvalue weighted by Crippen LogP contribution is -2.46. The Morgan fingerprint density at radius 3 is 2.59 bits per heavy atom. The molecule has 0 bridgehead atoms. The first-order valence-electron chi connectivity index (χ1n) is 9.03. The first kappa shape index (κ1) is 17.4. The quantitative estimate of drug-likeness (QED) is 0.681. The van der Waals surface area contributed by atoms with Crippen molar-refractivity contribution in [3.05, 3.63) is 54.2 Å². The van der Waals surface area contributed by atoms with E-state index >= 15 is 0 Å². The maximum Gasteiger partial charge on any atom is 0.213 e. The van der Waals surface area contributed by atoms with Crippen LogP contribution in [0, 0.1) is 6.92 Å². The van der Waals surface area contributed by atoms with Gasteiger partial charge in [0.05, 0.1) is 7.11 Å². The van der Waals surface area contributed by atoms with Crippen molar-refractivity contribution in [3.8, 4) is 11.7 Å². The summed E-state index contributed by atoms with van der Waals surface area (Å²) in [5.41, 5.74) is 1.22. The molecule has 1 aliphatic rings. The Labute approximate surface area is 158 Å². The van der Waals surface area contributed by atoms with E-state index in [0.29, 0.717) is 5.88 Å². The summed E-state index contributed by atoms with van der Waals surface area (Å²) in [7, 11) is 1.64. The predicted molar refractivity (Wildman–Crippen MR) is 102 cm³/mol. The lowest BCUT2D eigenvalue weighted by Gasteiger charge is -2.35. The Morgan fingerprint density at radius 2 is 1.85 bits per heavy atom. The highest BCUT2D eigenvalue weighted by Gasteiger charge is 2.19. The molecule has 0 amide bonds. The number of hydrogen-bond acceptors (Lipinski definition) is 7. The summed E-state index contributed by atoms with van der Waals surface area (Å²) in [6, 6.07) is 7.93. The smallest absolute Gasteiger partial charge is 0.213 e. The molecule has 3 aromatic rings. The number of aromatic nitrogens is 5. The number of anilines is 1. The van der Waals surface area contributed by atoms with Crippen LogP contribution in [0.2, 0.25) is 0 Å². The van der Waals surface area contributed by atoms with Crippen molar-refractivity contribution < 1.29 is 4.74 Å². The zero-order valence-electron chi connectivity index (χ0n) is 15.6. The zero-order valence-corrected chi connectivity index (χ0v) is 15.6. The van der Waals surface area contributed by atoms with Crippen molar-refractivity contribution in [2.45, 2.75) is 13.5 Å². The number of piperazine rings is 1. The van der Waals surface area contributed by atoms with Gasteiger partial charge in [0.2, 0.25) is 5.88 Å². The van der Waals surface area contributed by atoms with Crippen LogP contribution in [-0.2, 0) is 6.54 Å². The molecule has 0 radical (unpaired) electrons. The minimum absolute atomic E-state index is 0.661. The summed E-state index contributed by atoms with van der Waals surface area (Å²) in [6.45, 7) is 6.63. The lowest BCUT2D eigenvalue weighted by molar-refractivity contribution is 0.248. The Kier molecular flexibility index (Phi) is 4.97. The third-order valence-corrected chi connectivity index (χ3v) is 4.66. The van der Waals surface area contributed by atoms with Crippen LogP contribution in [0.15, 0.2) is 42.9 Å². The summed E-state index contributed by atoms with van der Waals surface area (Å²) < 4.78 is 6.98. The molecule has 4 rings (SSSR count). The van der Waals surface area contributed by atoms with Crippen molar-refractivity contribution >= 4 is 5.82 Å². The van der Waals surface area contributed by atoms with Crippen LogP contribution >= 0.6 is 0 Å². The number of methoxy groups -OCH3 is 1. The molecule has 0 saturated carbocycles. The van der Waals surface area contributed by atoms with Crippen LogP contribution in [-0.4, -0.2) is 62.9 Å². The fourth-order valence-electron chi connectivity index (χ4n) is 3.27. The second-order valence-electron chi connectivity index (χ2n) is 6.55. The summed E-state index contributed by atoms with van der Waals surface area (Å²) in [6.07, 6.45) is 5.45. The van der Waals surface area contributed by atoms with Crippen LogP contribution in [0.1, 0.15) is 11.4 Å². The molecule has 140 valence electrons. The molecule has 8 nitrogen and oxygen atoms in total. The lowest BCUT2D eigenvalue weighted by atomic mass is 10.2. The fraction of sp³-hybridized carbons (Fsp3) is 0.368. The van der Waals surface area contributed by atoms with E-state index in [9.17, 15) is 0 Å². The molecule has 1 aliphatic heterocycles. The van der Waals surface area contributed by atoms with Gasteiger partial charge in [-0.25, -0.2) is 19.6 Å². The van der Waals surface area contributed by atoms with Crippen LogP contribution in [0.25, 0.3) is 5.82 Å². The molecule has 8 heteroatoms. The standard InChI is InChI=1S/C19H23N7O/c1-15-22-17(13-18(23-15)26-7-3-5-21-26)25-10-8-24(9-11-25)14-16-4-6-20-19(12-16)27-2/h3-7,12-13H,8-11,14H2,1-2H3. The van der Waals surface area contributed by atoms with E-state index < -0.39 is 0 Å². The molecule has 27 heavy (non-hydrogen) atoms. The molecular weight excluding hydrogens is 342 g/mol. The van der Waals surface area contributed by atoms with Gasteiger partial charge in [-0.15, -0.1) is 0 Å². The van der Waals surface area contributed by atoms with E-state index in [1.165, 1.54) is 5.56 Å². The normalized spacial score (nSPS) is 15.1. The third kappa shape index (κ3) is 4.06. The van der Waals surface area contributed by atoms with Gasteiger partial charge in [-0.1, -0.05) is 0 Å². The Bertz CT molecular complexity index is 889. The highest BCUT2D eigenvalue weighted by molar-refractivity contribution is 5.44. The average molecular weight is 365 g/mol. The van der Waals surface area contributed by atoms with Crippen molar-refractivity contribution in [2.75, 3.05) is 38.2 Å². The first-order valence-corrected chi connectivity index (χ1v) is 9.03. The first-order chi connectivity index (χ1) is 13.2. The van der Waals surface area contributed by atoms with E-state index in [-0.39, 0.29) is 0 Å².